The van der Waals surface area contributed by atoms with Gasteiger partial charge < -0.3 is 5.32 Å². The van der Waals surface area contributed by atoms with Crippen molar-refractivity contribution in [3.63, 3.8) is 0 Å². The van der Waals surface area contributed by atoms with Crippen molar-refractivity contribution in [2.24, 2.45) is 0 Å². The fourth-order valence-electron chi connectivity index (χ4n) is 1.79. The smallest absolute Gasteiger partial charge is 0.248 e. The molecule has 0 spiro atoms. The summed E-state index contributed by atoms with van der Waals surface area (Å²) in [4.78, 5) is 11.4. The molecule has 0 atom stereocenters. The van der Waals surface area contributed by atoms with Crippen molar-refractivity contribution in [2.45, 2.75) is 4.90 Å². The van der Waals surface area contributed by atoms with Crippen molar-refractivity contribution in [3.05, 3.63) is 41.7 Å². The first kappa shape index (κ1) is 13.7. The third-order valence-corrected chi connectivity index (χ3v) is 4.68. The van der Waals surface area contributed by atoms with Crippen LogP contribution in [0.15, 0.2) is 40.8 Å². The molecule has 0 bridgehead atoms. The van der Waals surface area contributed by atoms with E-state index in [0.717, 1.165) is 12.1 Å². The van der Waals surface area contributed by atoms with Crippen LogP contribution >= 0.6 is 0 Å². The molecule has 2 rings (SSSR count). The zero-order chi connectivity index (χ0) is 14.0. The molecular weight excluding hydrogens is 271 g/mol. The fraction of sp³-hybridized carbons (Fsp3) is 0.250. The number of nitrogens with one attached hydrogen (secondary N) is 1. The van der Waals surface area contributed by atoms with Crippen LogP contribution in [0.25, 0.3) is 0 Å². The molecular formula is C12H13FN2O3S. The number of hydrogen-bond acceptors (Lipinski definition) is 3. The van der Waals surface area contributed by atoms with Gasteiger partial charge in [-0.15, -0.1) is 0 Å². The number of rotatable bonds is 3. The number of amides is 1. The zero-order valence-electron chi connectivity index (χ0n) is 10.3. The Balaban J connectivity index is 2.20. The molecule has 1 aromatic carbocycles. The van der Waals surface area contributed by atoms with E-state index in [1.807, 2.05) is 0 Å². The molecule has 0 saturated carbocycles. The van der Waals surface area contributed by atoms with E-state index in [1.54, 1.807) is 6.08 Å². The van der Waals surface area contributed by atoms with Gasteiger partial charge in [0.05, 0.1) is 4.90 Å². The number of halogens is 1. The highest BCUT2D eigenvalue weighted by Crippen LogP contribution is 2.21. The van der Waals surface area contributed by atoms with E-state index in [9.17, 15) is 17.6 Å². The summed E-state index contributed by atoms with van der Waals surface area (Å²) >= 11 is 0. The standard InChI is InChI=1S/C12H13FN2O3S/c1-14-12(16)9-6-7-15(8-9)19(17,18)11-4-2-10(13)3-5-11/h2-6H,7-8H2,1H3,(H,14,16). The summed E-state index contributed by atoms with van der Waals surface area (Å²) in [6.45, 7) is 0.168. The molecule has 1 aliphatic rings. The van der Waals surface area contributed by atoms with Crippen molar-refractivity contribution >= 4 is 15.9 Å². The zero-order valence-corrected chi connectivity index (χ0v) is 11.1. The lowest BCUT2D eigenvalue weighted by Gasteiger charge is -2.16. The largest absolute Gasteiger partial charge is 0.355 e. The van der Waals surface area contributed by atoms with Crippen LogP contribution < -0.4 is 5.32 Å². The van der Waals surface area contributed by atoms with Crippen molar-refractivity contribution in [2.75, 3.05) is 20.1 Å². The molecule has 1 aromatic rings. The average molecular weight is 284 g/mol. The Labute approximate surface area is 110 Å². The van der Waals surface area contributed by atoms with E-state index in [4.69, 9.17) is 0 Å². The Hall–Kier alpha value is -1.73. The third kappa shape index (κ3) is 2.66. The molecule has 0 unspecified atom stereocenters. The molecule has 1 amide bonds. The summed E-state index contributed by atoms with van der Waals surface area (Å²) in [6, 6.07) is 4.61. The molecule has 0 radical (unpaired) electrons. The van der Waals surface area contributed by atoms with Gasteiger partial charge in [0.2, 0.25) is 15.9 Å². The molecule has 0 saturated heterocycles. The van der Waals surface area contributed by atoms with Crippen LogP contribution in [-0.2, 0) is 14.8 Å². The van der Waals surface area contributed by atoms with Crippen LogP contribution in [0.5, 0.6) is 0 Å². The highest BCUT2D eigenvalue weighted by molar-refractivity contribution is 7.89. The van der Waals surface area contributed by atoms with Crippen molar-refractivity contribution in [1.29, 1.82) is 0 Å². The van der Waals surface area contributed by atoms with Gasteiger partial charge in [-0.25, -0.2) is 12.8 Å². The summed E-state index contributed by atoms with van der Waals surface area (Å²) < 4.78 is 38.4. The van der Waals surface area contributed by atoms with Crippen LogP contribution in [0.4, 0.5) is 4.39 Å². The molecule has 1 N–H and O–H groups in total. The van der Waals surface area contributed by atoms with Crippen LogP contribution in [0.1, 0.15) is 0 Å². The van der Waals surface area contributed by atoms with Crippen molar-refractivity contribution < 1.29 is 17.6 Å². The second-order valence-electron chi connectivity index (χ2n) is 4.06. The maximum Gasteiger partial charge on any atom is 0.248 e. The number of likely N-dealkylation sites (N-methyl/N-ethyl adjacent to an activating group) is 1. The number of nitrogens with zero attached hydrogens (tertiary/aromatic N) is 1. The van der Waals surface area contributed by atoms with E-state index in [0.29, 0.717) is 5.57 Å². The lowest BCUT2D eigenvalue weighted by atomic mass is 10.3. The van der Waals surface area contributed by atoms with Crippen LogP contribution in [0.3, 0.4) is 0 Å². The molecule has 0 aromatic heterocycles. The van der Waals surface area contributed by atoms with E-state index < -0.39 is 15.8 Å². The Morgan fingerprint density at radius 2 is 1.95 bits per heavy atom. The van der Waals surface area contributed by atoms with Gasteiger partial charge in [0.15, 0.2) is 0 Å². The van der Waals surface area contributed by atoms with E-state index >= 15 is 0 Å². The lowest BCUT2D eigenvalue weighted by Crippen LogP contribution is -2.31. The summed E-state index contributed by atoms with van der Waals surface area (Å²) in [7, 11) is -2.21. The van der Waals surface area contributed by atoms with Crippen LogP contribution in [-0.4, -0.2) is 38.8 Å². The lowest BCUT2D eigenvalue weighted by molar-refractivity contribution is -0.117. The Bertz CT molecular complexity index is 623. The Kier molecular flexibility index (Phi) is 3.68. The molecule has 5 nitrogen and oxygen atoms in total. The highest BCUT2D eigenvalue weighted by atomic mass is 32.2. The van der Waals surface area contributed by atoms with E-state index in [1.165, 1.54) is 23.5 Å². The predicted octanol–water partition coefficient (Wildman–Crippen LogP) is 0.502. The molecule has 102 valence electrons. The van der Waals surface area contributed by atoms with Gasteiger partial charge >= 0.3 is 0 Å². The summed E-state index contributed by atoms with van der Waals surface area (Å²) in [5.41, 5.74) is 0.410. The number of benzene rings is 1. The molecule has 19 heavy (non-hydrogen) atoms. The Morgan fingerprint density at radius 3 is 2.53 bits per heavy atom. The average Bonchev–Trinajstić information content (AvgIpc) is 2.88. The maximum absolute atomic E-state index is 12.8. The first-order valence-electron chi connectivity index (χ1n) is 5.62. The summed E-state index contributed by atoms with van der Waals surface area (Å²) in [5, 5.41) is 2.45. The SMILES string of the molecule is CNC(=O)C1=CCN(S(=O)(=O)c2ccc(F)cc2)C1. The maximum atomic E-state index is 12.8. The van der Waals surface area contributed by atoms with E-state index in [2.05, 4.69) is 5.32 Å². The van der Waals surface area contributed by atoms with E-state index in [-0.39, 0.29) is 23.9 Å². The molecule has 7 heteroatoms. The van der Waals surface area contributed by atoms with Crippen molar-refractivity contribution in [3.8, 4) is 0 Å². The van der Waals surface area contributed by atoms with Gasteiger partial charge in [-0.3, -0.25) is 4.79 Å². The molecule has 0 fully saturated rings. The normalized spacial score (nSPS) is 16.2. The predicted molar refractivity (Wildman–Crippen MR) is 67.3 cm³/mol. The third-order valence-electron chi connectivity index (χ3n) is 2.86. The highest BCUT2D eigenvalue weighted by Gasteiger charge is 2.29. The summed E-state index contributed by atoms with van der Waals surface area (Å²) in [5.74, 6) is -0.790. The van der Waals surface area contributed by atoms with Gasteiger partial charge in [-0.1, -0.05) is 6.08 Å². The van der Waals surface area contributed by atoms with Crippen LogP contribution in [0, 0.1) is 5.82 Å². The van der Waals surface area contributed by atoms with Gasteiger partial charge in [0, 0.05) is 25.7 Å². The number of carbonyl (C=O) groups excluding carboxylic acids is 1. The van der Waals surface area contributed by atoms with Crippen molar-refractivity contribution in [1.82, 2.24) is 9.62 Å². The Morgan fingerprint density at radius 1 is 1.32 bits per heavy atom. The first-order chi connectivity index (χ1) is 8.95. The molecule has 0 aliphatic carbocycles. The number of hydrogen-bond donors (Lipinski definition) is 1. The fourth-order valence-corrected chi connectivity index (χ4v) is 3.15. The summed E-state index contributed by atoms with van der Waals surface area (Å²) in [6.07, 6.45) is 1.57. The minimum atomic E-state index is -3.70. The number of sulfonamides is 1. The molecule has 1 heterocycles. The minimum Gasteiger partial charge on any atom is -0.355 e. The topological polar surface area (TPSA) is 66.5 Å². The minimum absolute atomic E-state index is 0.0143. The monoisotopic (exact) mass is 284 g/mol. The van der Waals surface area contributed by atoms with Gasteiger partial charge in [0.25, 0.3) is 0 Å². The quantitative estimate of drug-likeness (QED) is 0.879. The second-order valence-corrected chi connectivity index (χ2v) is 6.00. The van der Waals surface area contributed by atoms with Gasteiger partial charge in [-0.2, -0.15) is 4.31 Å². The van der Waals surface area contributed by atoms with Gasteiger partial charge in [0.1, 0.15) is 5.82 Å². The number of carbonyl (C=O) groups is 1. The molecule has 1 aliphatic heterocycles. The second kappa shape index (κ2) is 5.10. The van der Waals surface area contributed by atoms with Gasteiger partial charge in [-0.05, 0) is 24.3 Å². The first-order valence-corrected chi connectivity index (χ1v) is 7.06. The van der Waals surface area contributed by atoms with Crippen LogP contribution in [0.2, 0.25) is 0 Å².